The van der Waals surface area contributed by atoms with Crippen molar-refractivity contribution in [1.29, 1.82) is 0 Å². The van der Waals surface area contributed by atoms with E-state index in [0.29, 0.717) is 10.3 Å². The van der Waals surface area contributed by atoms with Gasteiger partial charge < -0.3 is 17.3 Å². The van der Waals surface area contributed by atoms with Crippen molar-refractivity contribution >= 4 is 23.1 Å². The third-order valence-electron chi connectivity index (χ3n) is 4.82. The second kappa shape index (κ2) is 12.4. The molecule has 163 valence electrons. The smallest absolute Gasteiger partial charge is 0.418 e. The van der Waals surface area contributed by atoms with Gasteiger partial charge in [0, 0.05) is 19.5 Å². The summed E-state index contributed by atoms with van der Waals surface area (Å²) in [6, 6.07) is 0. The van der Waals surface area contributed by atoms with Gasteiger partial charge in [-0.1, -0.05) is 65.8 Å². The van der Waals surface area contributed by atoms with Gasteiger partial charge in [-0.2, -0.15) is 0 Å². The Morgan fingerprint density at radius 3 is 1.07 bits per heavy atom. The molecule has 0 saturated carbocycles. The molecule has 0 amide bonds. The molecule has 0 saturated heterocycles. The van der Waals surface area contributed by atoms with Gasteiger partial charge in [-0.05, 0) is 54.2 Å². The van der Waals surface area contributed by atoms with Crippen molar-refractivity contribution < 1.29 is 36.7 Å². The van der Waals surface area contributed by atoms with Crippen LogP contribution >= 0.6 is 15.8 Å². The maximum absolute atomic E-state index is 9.75. The molecule has 0 fully saturated rings. The van der Waals surface area contributed by atoms with E-state index in [-0.39, 0.29) is 35.3 Å². The molecule has 0 unspecified atom stereocenters. The summed E-state index contributed by atoms with van der Waals surface area (Å²) in [5.74, 6) is 1.62. The standard InChI is InChI=1S/C12H28P2.C7H8.BF4.Rh/c1-11(2,3)13(7)9-10-14(8)12(4,5)6;1-2-7-4-3-6(1)5-7;2-1(3,4)5;/h9-10H2,1-8H3;1-4,6-7H,5H2;;/q;;-1;/t13-,14+;;;. The second-order valence-electron chi connectivity index (χ2n) is 9.01. The predicted octanol–water partition coefficient (Wildman–Crippen LogP) is 7.85. The molecule has 2 atom stereocenters. The Balaban J connectivity index is 0. The number of allylic oxidation sites excluding steroid dienone is 4. The van der Waals surface area contributed by atoms with Crippen LogP contribution < -0.4 is 0 Å². The van der Waals surface area contributed by atoms with Gasteiger partial charge in [0.05, 0.1) is 0 Å². The van der Waals surface area contributed by atoms with Gasteiger partial charge in [0.25, 0.3) is 0 Å². The van der Waals surface area contributed by atoms with E-state index in [9.17, 15) is 17.3 Å². The topological polar surface area (TPSA) is 0 Å². The van der Waals surface area contributed by atoms with Crippen LogP contribution in [0.25, 0.3) is 0 Å². The van der Waals surface area contributed by atoms with Gasteiger partial charge >= 0.3 is 7.25 Å². The van der Waals surface area contributed by atoms with Crippen LogP contribution in [0.5, 0.6) is 0 Å². The molecule has 2 aliphatic rings. The number of halogens is 4. The van der Waals surface area contributed by atoms with Crippen LogP contribution in [0, 0.1) is 11.8 Å². The fraction of sp³-hybridized carbons (Fsp3) is 0.789. The van der Waals surface area contributed by atoms with Crippen molar-refractivity contribution in [3.8, 4) is 0 Å². The van der Waals surface area contributed by atoms with Crippen molar-refractivity contribution in [2.45, 2.75) is 58.3 Å². The summed E-state index contributed by atoms with van der Waals surface area (Å²) in [5.41, 5.74) is 0. The largest absolute Gasteiger partial charge is 0.673 e. The molecule has 2 bridgehead atoms. The summed E-state index contributed by atoms with van der Waals surface area (Å²) in [6.07, 6.45) is 13.5. The molecular weight excluding hydrogens is 480 g/mol. The summed E-state index contributed by atoms with van der Waals surface area (Å²) in [5, 5.41) is 1.09. The van der Waals surface area contributed by atoms with E-state index < -0.39 is 7.25 Å². The van der Waals surface area contributed by atoms with Crippen molar-refractivity contribution in [2.75, 3.05) is 25.7 Å². The Labute approximate surface area is 179 Å². The zero-order valence-electron chi connectivity index (χ0n) is 17.9. The summed E-state index contributed by atoms with van der Waals surface area (Å²) >= 11 is 0. The molecule has 8 heteroatoms. The van der Waals surface area contributed by atoms with E-state index in [0.717, 1.165) is 11.8 Å². The van der Waals surface area contributed by atoms with Crippen LogP contribution in [-0.2, 0) is 19.5 Å². The van der Waals surface area contributed by atoms with E-state index >= 15 is 0 Å². The molecule has 2 rings (SSSR count). The van der Waals surface area contributed by atoms with Crippen LogP contribution in [-0.4, -0.2) is 43.2 Å². The van der Waals surface area contributed by atoms with Crippen LogP contribution in [0.3, 0.4) is 0 Å². The minimum Gasteiger partial charge on any atom is -0.418 e. The monoisotopic (exact) mass is 516 g/mol. The Bertz CT molecular complexity index is 414. The SMILES string of the molecule is C1=CC2C=CC1C2.C[P@](CC[P@](C)C(C)(C)C)C(C)(C)C.F[B-](F)(F)F.[Rh]. The van der Waals surface area contributed by atoms with Crippen LogP contribution in [0.4, 0.5) is 17.3 Å². The van der Waals surface area contributed by atoms with Crippen molar-refractivity contribution in [3.05, 3.63) is 24.3 Å². The Morgan fingerprint density at radius 2 is 0.963 bits per heavy atom. The minimum atomic E-state index is -6.00. The first-order valence-electron chi connectivity index (χ1n) is 9.16. The summed E-state index contributed by atoms with van der Waals surface area (Å²) < 4.78 is 39.0. The van der Waals surface area contributed by atoms with E-state index in [1.807, 2.05) is 0 Å². The molecule has 2 aliphatic carbocycles. The average molecular weight is 516 g/mol. The minimum absolute atomic E-state index is 0. The molecule has 27 heavy (non-hydrogen) atoms. The molecule has 0 aromatic carbocycles. The average Bonchev–Trinajstić information content (AvgIpc) is 3.06. The fourth-order valence-electron chi connectivity index (χ4n) is 2.30. The molecule has 0 aliphatic heterocycles. The molecule has 1 radical (unpaired) electrons. The zero-order valence-corrected chi connectivity index (χ0v) is 21.3. The van der Waals surface area contributed by atoms with Gasteiger partial charge in [0.2, 0.25) is 0 Å². The van der Waals surface area contributed by atoms with E-state index in [1.165, 1.54) is 18.7 Å². The molecule has 0 nitrogen and oxygen atoms in total. The van der Waals surface area contributed by atoms with Crippen LogP contribution in [0.15, 0.2) is 24.3 Å². The maximum atomic E-state index is 9.75. The van der Waals surface area contributed by atoms with Crippen molar-refractivity contribution in [3.63, 3.8) is 0 Å². The predicted molar refractivity (Wildman–Crippen MR) is 115 cm³/mol. The number of hydrogen-bond acceptors (Lipinski definition) is 0. The van der Waals surface area contributed by atoms with Gasteiger partial charge in [-0.15, -0.1) is 15.8 Å². The molecule has 0 spiro atoms. The third-order valence-corrected chi connectivity index (χ3v) is 11.5. The maximum Gasteiger partial charge on any atom is 0.673 e. The first-order valence-corrected chi connectivity index (χ1v) is 13.1. The van der Waals surface area contributed by atoms with Crippen molar-refractivity contribution in [1.82, 2.24) is 0 Å². The Morgan fingerprint density at radius 1 is 0.741 bits per heavy atom. The fourth-order valence-corrected chi connectivity index (χ4v) is 6.04. The Hall–Kier alpha value is 0.748. The molecule has 0 aromatic heterocycles. The second-order valence-corrected chi connectivity index (χ2v) is 15.4. The first-order chi connectivity index (χ1) is 11.5. The summed E-state index contributed by atoms with van der Waals surface area (Å²) in [6.45, 7) is 19.2. The third kappa shape index (κ3) is 16.3. The summed E-state index contributed by atoms with van der Waals surface area (Å²) in [4.78, 5) is 0. The number of fused-ring (bicyclic) bond motifs is 2. The molecular formula is C19H36BF4P2Rh-. The van der Waals surface area contributed by atoms with Gasteiger partial charge in [0.15, 0.2) is 0 Å². The quantitative estimate of drug-likeness (QED) is 0.155. The van der Waals surface area contributed by atoms with Gasteiger partial charge in [-0.25, -0.2) is 0 Å². The van der Waals surface area contributed by atoms with E-state index in [1.54, 1.807) is 0 Å². The van der Waals surface area contributed by atoms with Crippen LogP contribution in [0.2, 0.25) is 0 Å². The number of hydrogen-bond donors (Lipinski definition) is 0. The van der Waals surface area contributed by atoms with Gasteiger partial charge in [0.1, 0.15) is 0 Å². The summed E-state index contributed by atoms with van der Waals surface area (Å²) in [7, 11) is -5.57. The first kappa shape index (κ1) is 29.9. The number of rotatable bonds is 3. The zero-order chi connectivity index (χ0) is 20.8. The van der Waals surface area contributed by atoms with E-state index in [4.69, 9.17) is 0 Å². The van der Waals surface area contributed by atoms with E-state index in [2.05, 4.69) is 79.2 Å². The molecule has 0 aromatic rings. The molecule has 0 N–H and O–H groups in total. The van der Waals surface area contributed by atoms with Crippen molar-refractivity contribution in [2.24, 2.45) is 11.8 Å². The van der Waals surface area contributed by atoms with Gasteiger partial charge in [-0.3, -0.25) is 0 Å². The Kier molecular flexibility index (Phi) is 13.8. The molecule has 0 heterocycles. The van der Waals surface area contributed by atoms with Crippen LogP contribution in [0.1, 0.15) is 48.0 Å². The normalized spacial score (nSPS) is 22.8.